The van der Waals surface area contributed by atoms with Gasteiger partial charge < -0.3 is 0 Å². The molecule has 0 amide bonds. The highest BCUT2D eigenvalue weighted by molar-refractivity contribution is 8.12. The fourth-order valence-corrected chi connectivity index (χ4v) is 0.822. The molecule has 0 aliphatic carbocycles. The Morgan fingerprint density at radius 3 is 2.33 bits per heavy atom. The van der Waals surface area contributed by atoms with Gasteiger partial charge in [0.15, 0.2) is 8.27 Å². The van der Waals surface area contributed by atoms with Crippen LogP contribution in [0.3, 0.4) is 0 Å². The van der Waals surface area contributed by atoms with Gasteiger partial charge in [-0.15, -0.1) is 4.52 Å². The van der Waals surface area contributed by atoms with E-state index >= 15 is 0 Å². The Bertz CT molecular complexity index is 47.5. The van der Waals surface area contributed by atoms with Crippen molar-refractivity contribution in [2.75, 3.05) is 13.8 Å². The molecular formula is C2H7O2P2+. The lowest BCUT2D eigenvalue weighted by Crippen LogP contribution is -1.53. The molecule has 6 heavy (non-hydrogen) atoms. The van der Waals surface area contributed by atoms with Crippen molar-refractivity contribution >= 4 is 16.0 Å². The largest absolute Gasteiger partial charge is 0.519 e. The maximum absolute atomic E-state index is 10.1. The second-order valence-electron chi connectivity index (χ2n) is 0.663. The lowest BCUT2D eigenvalue weighted by Gasteiger charge is -1.66. The predicted octanol–water partition coefficient (Wildman–Crippen LogP) is 1.60. The van der Waals surface area contributed by atoms with Crippen LogP contribution in [0.1, 0.15) is 0 Å². The van der Waals surface area contributed by atoms with E-state index in [4.69, 9.17) is 0 Å². The van der Waals surface area contributed by atoms with Gasteiger partial charge in [0, 0.05) is 6.66 Å². The molecule has 0 saturated carbocycles. The average molecular weight is 125 g/mol. The van der Waals surface area contributed by atoms with Gasteiger partial charge in [-0.25, -0.2) is 0 Å². The second-order valence-corrected chi connectivity index (χ2v) is 4.43. The Hall–Kier alpha value is 0.490. The fourth-order valence-electron chi connectivity index (χ4n) is 0.0913. The van der Waals surface area contributed by atoms with Crippen molar-refractivity contribution in [3.63, 3.8) is 0 Å². The topological polar surface area (TPSA) is 26.3 Å². The van der Waals surface area contributed by atoms with Crippen LogP contribution in [0.2, 0.25) is 0 Å². The maximum atomic E-state index is 10.1. The van der Waals surface area contributed by atoms with Gasteiger partial charge in [-0.05, 0) is 4.57 Å². The molecule has 0 spiro atoms. The number of hydrogen-bond donors (Lipinski definition) is 0. The van der Waals surface area contributed by atoms with E-state index < -0.39 is 7.72 Å². The zero-order valence-corrected chi connectivity index (χ0v) is 5.66. The Balaban J connectivity index is 2.99. The fraction of sp³-hybridized carbons (Fsp3) is 1.00. The van der Waals surface area contributed by atoms with Crippen molar-refractivity contribution in [1.29, 1.82) is 0 Å². The standard InChI is InChI=1S/C2H7O2P2/c1-4-6(3)5-2/h5H,1-2H3/q+1. The minimum absolute atomic E-state index is 0.419. The highest BCUT2D eigenvalue weighted by atomic mass is 32.0. The second kappa shape index (κ2) is 3.67. The summed E-state index contributed by atoms with van der Waals surface area (Å²) in [5.74, 6) is 0. The van der Waals surface area contributed by atoms with Crippen LogP contribution in [0.25, 0.3) is 0 Å². The highest BCUT2D eigenvalue weighted by Gasteiger charge is 2.06. The maximum Gasteiger partial charge on any atom is 0.519 e. The van der Waals surface area contributed by atoms with Crippen LogP contribution in [-0.2, 0) is 9.09 Å². The van der Waals surface area contributed by atoms with Gasteiger partial charge in [0.25, 0.3) is 0 Å². The summed E-state index contributed by atoms with van der Waals surface area (Å²) in [5.41, 5.74) is 0. The molecule has 4 heteroatoms. The van der Waals surface area contributed by atoms with Crippen molar-refractivity contribution in [1.82, 2.24) is 0 Å². The quantitative estimate of drug-likeness (QED) is 0.524. The molecule has 0 rings (SSSR count). The third kappa shape index (κ3) is 2.71. The van der Waals surface area contributed by atoms with E-state index in [0.29, 0.717) is 8.27 Å². The summed E-state index contributed by atoms with van der Waals surface area (Å²) < 4.78 is 14.5. The molecule has 2 nitrogen and oxygen atoms in total. The van der Waals surface area contributed by atoms with Gasteiger partial charge in [-0.2, -0.15) is 0 Å². The van der Waals surface area contributed by atoms with Crippen LogP contribution in [0.5, 0.6) is 0 Å². The molecule has 0 aromatic rings. The van der Waals surface area contributed by atoms with E-state index in [1.54, 1.807) is 0 Å². The van der Waals surface area contributed by atoms with Gasteiger partial charge in [-0.3, -0.25) is 0 Å². The molecule has 0 saturated heterocycles. The van der Waals surface area contributed by atoms with Gasteiger partial charge in [0.2, 0.25) is 0 Å². The van der Waals surface area contributed by atoms with Crippen LogP contribution in [0, 0.1) is 0 Å². The molecular weight excluding hydrogens is 118 g/mol. The Morgan fingerprint density at radius 2 is 2.33 bits per heavy atom. The molecule has 2 atom stereocenters. The normalized spacial score (nSPS) is 13.3. The first-order valence-corrected chi connectivity index (χ1v) is 5.02. The third-order valence-corrected chi connectivity index (χ3v) is 2.69. The van der Waals surface area contributed by atoms with Crippen LogP contribution < -0.4 is 0 Å². The zero-order chi connectivity index (χ0) is 4.99. The summed E-state index contributed by atoms with van der Waals surface area (Å²) in [6.07, 6.45) is 0. The minimum Gasteiger partial charge on any atom is -0.148 e. The van der Waals surface area contributed by atoms with E-state index in [1.807, 2.05) is 6.66 Å². The summed E-state index contributed by atoms with van der Waals surface area (Å²) >= 11 is 0. The van der Waals surface area contributed by atoms with Crippen molar-refractivity contribution in [3.8, 4) is 0 Å². The molecule has 0 aliphatic heterocycles. The minimum atomic E-state index is -1.30. The van der Waals surface area contributed by atoms with Crippen LogP contribution in [-0.4, -0.2) is 13.8 Å². The SMILES string of the molecule is CO[P+](=O)PC. The van der Waals surface area contributed by atoms with Crippen LogP contribution >= 0.6 is 16.0 Å². The lowest BCUT2D eigenvalue weighted by molar-refractivity contribution is 0.428. The molecule has 36 valence electrons. The Morgan fingerprint density at radius 1 is 1.83 bits per heavy atom. The van der Waals surface area contributed by atoms with Crippen molar-refractivity contribution in [3.05, 3.63) is 0 Å². The monoisotopic (exact) mass is 125 g/mol. The molecule has 2 unspecified atom stereocenters. The molecule has 0 radical (unpaired) electrons. The summed E-state index contributed by atoms with van der Waals surface area (Å²) in [6, 6.07) is 0. The first-order chi connectivity index (χ1) is 2.81. The van der Waals surface area contributed by atoms with Crippen molar-refractivity contribution < 1.29 is 9.09 Å². The van der Waals surface area contributed by atoms with Crippen molar-refractivity contribution in [2.24, 2.45) is 0 Å². The van der Waals surface area contributed by atoms with E-state index in [1.165, 1.54) is 7.11 Å². The van der Waals surface area contributed by atoms with Gasteiger partial charge in [0.1, 0.15) is 0 Å². The summed E-state index contributed by atoms with van der Waals surface area (Å²) in [5, 5.41) is 0. The third-order valence-electron chi connectivity index (χ3n) is 0.348. The summed E-state index contributed by atoms with van der Waals surface area (Å²) in [4.78, 5) is 0. The number of hydrogen-bond acceptors (Lipinski definition) is 2. The molecule has 0 aromatic carbocycles. The smallest absolute Gasteiger partial charge is 0.148 e. The van der Waals surface area contributed by atoms with Gasteiger partial charge in [-0.1, -0.05) is 0 Å². The molecule has 0 heterocycles. The first-order valence-electron chi connectivity index (χ1n) is 1.50. The molecule has 0 fully saturated rings. The summed E-state index contributed by atoms with van der Waals surface area (Å²) in [7, 11) is 0.574. The Labute approximate surface area is 39.8 Å². The summed E-state index contributed by atoms with van der Waals surface area (Å²) in [6.45, 7) is 1.85. The average Bonchev–Trinajstić information content (AvgIpc) is 1.65. The van der Waals surface area contributed by atoms with E-state index in [2.05, 4.69) is 4.52 Å². The van der Waals surface area contributed by atoms with E-state index in [9.17, 15) is 4.57 Å². The number of rotatable bonds is 2. The van der Waals surface area contributed by atoms with E-state index in [-0.39, 0.29) is 0 Å². The predicted molar refractivity (Wildman–Crippen MR) is 28.9 cm³/mol. The van der Waals surface area contributed by atoms with Crippen LogP contribution in [0.15, 0.2) is 0 Å². The zero-order valence-electron chi connectivity index (χ0n) is 3.76. The molecule has 0 bridgehead atoms. The molecule has 0 aromatic heterocycles. The lowest BCUT2D eigenvalue weighted by atomic mass is 11.8. The van der Waals surface area contributed by atoms with Crippen LogP contribution in [0.4, 0.5) is 0 Å². The molecule has 0 N–H and O–H groups in total. The van der Waals surface area contributed by atoms with Gasteiger partial charge in [0.05, 0.1) is 7.11 Å². The van der Waals surface area contributed by atoms with E-state index in [0.717, 1.165) is 0 Å². The molecule has 0 aliphatic rings. The van der Waals surface area contributed by atoms with Gasteiger partial charge >= 0.3 is 7.72 Å². The Kier molecular flexibility index (Phi) is 3.97. The van der Waals surface area contributed by atoms with Crippen molar-refractivity contribution in [2.45, 2.75) is 0 Å². The highest BCUT2D eigenvalue weighted by Crippen LogP contribution is 2.40. The first kappa shape index (κ1) is 6.49.